The van der Waals surface area contributed by atoms with Crippen molar-refractivity contribution < 1.29 is 23.9 Å². The van der Waals surface area contributed by atoms with Crippen LogP contribution in [-0.2, 0) is 19.2 Å². The van der Waals surface area contributed by atoms with Crippen LogP contribution in [0.1, 0.15) is 26.2 Å². The van der Waals surface area contributed by atoms with Crippen molar-refractivity contribution in [1.82, 2.24) is 0 Å². The third kappa shape index (κ3) is 4.34. The summed E-state index contributed by atoms with van der Waals surface area (Å²) in [5.41, 5.74) is 2.03. The predicted octanol–water partition coefficient (Wildman–Crippen LogP) is 4.80. The molecule has 0 spiro atoms. The van der Waals surface area contributed by atoms with Gasteiger partial charge in [-0.05, 0) is 62.2 Å². The van der Waals surface area contributed by atoms with Crippen LogP contribution in [0.5, 0.6) is 5.75 Å². The maximum Gasteiger partial charge on any atom is 0.316 e. The summed E-state index contributed by atoms with van der Waals surface area (Å²) in [6.07, 6.45) is 3.18. The van der Waals surface area contributed by atoms with Crippen molar-refractivity contribution >= 4 is 58.3 Å². The van der Waals surface area contributed by atoms with Gasteiger partial charge in [-0.25, -0.2) is 0 Å². The first-order valence-electron chi connectivity index (χ1n) is 11.3. The summed E-state index contributed by atoms with van der Waals surface area (Å²) in [5.74, 6) is -2.23. The molecular weight excluding hydrogens is 491 g/mol. The number of esters is 1. The van der Waals surface area contributed by atoms with Crippen molar-refractivity contribution in [3.8, 4) is 5.75 Å². The molecule has 0 aromatic heterocycles. The number of benzene rings is 2. The largest absolute Gasteiger partial charge is 0.426 e. The minimum absolute atomic E-state index is 0.00717. The molecule has 2 saturated heterocycles. The fourth-order valence-corrected chi connectivity index (χ4v) is 5.33. The van der Waals surface area contributed by atoms with E-state index in [2.05, 4.69) is 0 Å². The van der Waals surface area contributed by atoms with E-state index in [1.807, 2.05) is 13.0 Å². The summed E-state index contributed by atoms with van der Waals surface area (Å²) >= 11 is 12.2. The lowest BCUT2D eigenvalue weighted by atomic mass is 9.82. The molecule has 180 valence electrons. The minimum Gasteiger partial charge on any atom is -0.426 e. The SMILES string of the molecule is CC1=CC[C@@H]2C(=O)N(c3ccc(OC(=O)[C@H]4CC(=O)N(c5cc(Cl)ccc5Cl)C4)cc3)C(=O)[C@@H]2C1. The van der Waals surface area contributed by atoms with E-state index >= 15 is 0 Å². The van der Waals surface area contributed by atoms with Crippen LogP contribution in [0.25, 0.3) is 0 Å². The highest BCUT2D eigenvalue weighted by Crippen LogP contribution is 2.40. The highest BCUT2D eigenvalue weighted by molar-refractivity contribution is 6.36. The number of nitrogens with zero attached hydrogens (tertiary/aromatic N) is 2. The summed E-state index contributed by atoms with van der Waals surface area (Å²) < 4.78 is 5.49. The lowest BCUT2D eigenvalue weighted by molar-refractivity contribution is -0.139. The number of carbonyl (C=O) groups is 4. The number of amides is 3. The molecule has 0 bridgehead atoms. The van der Waals surface area contributed by atoms with Crippen LogP contribution in [0, 0.1) is 17.8 Å². The molecule has 35 heavy (non-hydrogen) atoms. The Bertz CT molecular complexity index is 1270. The Hall–Kier alpha value is -3.16. The van der Waals surface area contributed by atoms with Gasteiger partial charge in [0.2, 0.25) is 17.7 Å². The topological polar surface area (TPSA) is 84.0 Å². The number of carbonyl (C=O) groups excluding carboxylic acids is 4. The van der Waals surface area contributed by atoms with Crippen molar-refractivity contribution in [3.05, 3.63) is 64.2 Å². The summed E-state index contributed by atoms with van der Waals surface area (Å²) in [7, 11) is 0. The molecule has 0 N–H and O–H groups in total. The van der Waals surface area contributed by atoms with Crippen molar-refractivity contribution in [1.29, 1.82) is 0 Å². The van der Waals surface area contributed by atoms with Gasteiger partial charge in [0, 0.05) is 18.0 Å². The van der Waals surface area contributed by atoms with E-state index in [-0.39, 0.29) is 48.3 Å². The highest BCUT2D eigenvalue weighted by atomic mass is 35.5. The van der Waals surface area contributed by atoms with Gasteiger partial charge in [-0.1, -0.05) is 34.9 Å². The smallest absolute Gasteiger partial charge is 0.316 e. The number of rotatable bonds is 4. The number of fused-ring (bicyclic) bond motifs is 1. The number of hydrogen-bond donors (Lipinski definition) is 0. The average molecular weight is 513 g/mol. The standard InChI is InChI=1S/C26H22Cl2N2O5/c1-14-2-8-19-20(10-14)25(33)30(24(19)32)17-4-6-18(7-5-17)35-26(34)15-11-23(31)29(13-15)22-12-16(27)3-9-21(22)28/h2-7,9,12,15,19-20H,8,10-11,13H2,1H3/t15-,19-,20+/m0/s1. The first-order chi connectivity index (χ1) is 16.7. The average Bonchev–Trinajstić information content (AvgIpc) is 3.33. The molecular formula is C26H22Cl2N2O5. The first-order valence-corrected chi connectivity index (χ1v) is 12.1. The van der Waals surface area contributed by atoms with Crippen molar-refractivity contribution in [2.24, 2.45) is 17.8 Å². The van der Waals surface area contributed by atoms with E-state index < -0.39 is 11.9 Å². The summed E-state index contributed by atoms with van der Waals surface area (Å²) in [6, 6.07) is 11.1. The van der Waals surface area contributed by atoms with E-state index in [1.165, 1.54) is 9.80 Å². The van der Waals surface area contributed by atoms with Gasteiger partial charge in [-0.15, -0.1) is 0 Å². The second-order valence-corrected chi connectivity index (χ2v) is 9.97. The van der Waals surface area contributed by atoms with E-state index in [1.54, 1.807) is 42.5 Å². The predicted molar refractivity (Wildman–Crippen MR) is 131 cm³/mol. The van der Waals surface area contributed by atoms with Crippen LogP contribution in [0.4, 0.5) is 11.4 Å². The Kier molecular flexibility index (Phi) is 6.15. The van der Waals surface area contributed by atoms with E-state index in [0.717, 1.165) is 5.57 Å². The maximum absolute atomic E-state index is 12.9. The van der Waals surface area contributed by atoms with Gasteiger partial charge in [-0.2, -0.15) is 0 Å². The van der Waals surface area contributed by atoms with Gasteiger partial charge in [-0.3, -0.25) is 24.1 Å². The third-order valence-electron chi connectivity index (χ3n) is 6.79. The highest BCUT2D eigenvalue weighted by Gasteiger charge is 2.48. The van der Waals surface area contributed by atoms with E-state index in [9.17, 15) is 19.2 Å². The van der Waals surface area contributed by atoms with Gasteiger partial charge >= 0.3 is 5.97 Å². The molecule has 0 unspecified atom stereocenters. The van der Waals surface area contributed by atoms with Gasteiger partial charge in [0.05, 0.1) is 34.2 Å². The number of ether oxygens (including phenoxy) is 1. The van der Waals surface area contributed by atoms with Crippen LogP contribution in [0.15, 0.2) is 54.1 Å². The number of anilines is 2. The normalized spacial score (nSPS) is 24.0. The van der Waals surface area contributed by atoms with Gasteiger partial charge in [0.15, 0.2) is 0 Å². The minimum atomic E-state index is -0.669. The Labute approximate surface area is 212 Å². The number of halogens is 2. The lowest BCUT2D eigenvalue weighted by Gasteiger charge is -2.18. The Morgan fingerprint density at radius 3 is 2.43 bits per heavy atom. The second-order valence-electron chi connectivity index (χ2n) is 9.13. The van der Waals surface area contributed by atoms with E-state index in [0.29, 0.717) is 34.3 Å². The third-order valence-corrected chi connectivity index (χ3v) is 7.35. The Morgan fingerprint density at radius 1 is 0.971 bits per heavy atom. The lowest BCUT2D eigenvalue weighted by Crippen LogP contribution is -2.30. The Morgan fingerprint density at radius 2 is 1.69 bits per heavy atom. The van der Waals surface area contributed by atoms with Crippen molar-refractivity contribution in [3.63, 3.8) is 0 Å². The molecule has 2 aromatic carbocycles. The molecule has 7 nitrogen and oxygen atoms in total. The molecule has 1 aliphatic carbocycles. The zero-order valence-corrected chi connectivity index (χ0v) is 20.4. The fourth-order valence-electron chi connectivity index (χ4n) is 4.95. The van der Waals surface area contributed by atoms with Crippen LogP contribution >= 0.6 is 23.2 Å². The van der Waals surface area contributed by atoms with Gasteiger partial charge < -0.3 is 9.64 Å². The maximum atomic E-state index is 12.9. The quantitative estimate of drug-likeness (QED) is 0.254. The molecule has 5 rings (SSSR count). The molecule has 0 saturated carbocycles. The molecule has 9 heteroatoms. The number of imide groups is 1. The molecule has 0 radical (unpaired) electrons. The zero-order valence-electron chi connectivity index (χ0n) is 18.9. The molecule has 2 aliphatic heterocycles. The molecule has 2 aromatic rings. The van der Waals surface area contributed by atoms with Gasteiger partial charge in [0.25, 0.3) is 0 Å². The second kappa shape index (κ2) is 9.13. The summed E-state index contributed by atoms with van der Waals surface area (Å²) in [4.78, 5) is 53.7. The summed E-state index contributed by atoms with van der Waals surface area (Å²) in [5, 5.41) is 0.799. The number of hydrogen-bond acceptors (Lipinski definition) is 5. The van der Waals surface area contributed by atoms with Gasteiger partial charge in [0.1, 0.15) is 5.75 Å². The fraction of sp³-hybridized carbons (Fsp3) is 0.308. The van der Waals surface area contributed by atoms with Crippen LogP contribution in [0.2, 0.25) is 10.0 Å². The molecule has 2 heterocycles. The monoisotopic (exact) mass is 512 g/mol. The molecule has 2 fully saturated rings. The van der Waals surface area contributed by atoms with Crippen LogP contribution in [-0.4, -0.2) is 30.2 Å². The molecule has 3 amide bonds. The van der Waals surface area contributed by atoms with E-state index in [4.69, 9.17) is 27.9 Å². The van der Waals surface area contributed by atoms with Crippen LogP contribution < -0.4 is 14.5 Å². The van der Waals surface area contributed by atoms with Crippen LogP contribution in [0.3, 0.4) is 0 Å². The molecule has 3 atom stereocenters. The van der Waals surface area contributed by atoms with Crippen molar-refractivity contribution in [2.75, 3.05) is 16.3 Å². The summed E-state index contributed by atoms with van der Waals surface area (Å²) in [6.45, 7) is 2.10. The number of allylic oxidation sites excluding steroid dienone is 2. The van der Waals surface area contributed by atoms with Crippen molar-refractivity contribution in [2.45, 2.75) is 26.2 Å². The first kappa shape index (κ1) is 23.6. The Balaban J connectivity index is 1.25. The molecule has 3 aliphatic rings. The zero-order chi connectivity index (χ0) is 24.9.